The Kier molecular flexibility index (Phi) is 2.85. The summed E-state index contributed by atoms with van der Waals surface area (Å²) in [5, 5.41) is 23.2. The quantitative estimate of drug-likeness (QED) is 0.196. The maximum Gasteiger partial charge on any atom is 0.662 e. The van der Waals surface area contributed by atoms with E-state index in [4.69, 9.17) is 20.2 Å². The second-order valence-corrected chi connectivity index (χ2v) is 0.721. The lowest BCUT2D eigenvalue weighted by atomic mass is 10.3. The Labute approximate surface area is 43.7 Å². The summed E-state index contributed by atoms with van der Waals surface area (Å²) < 4.78 is 0. The first-order chi connectivity index (χ1) is 3.63. The number of hydrogen-bond donors (Lipinski definition) is 2. The SMILES string of the molecule is O=[N+]([O-])OOB(O)O. The Morgan fingerprint density at radius 2 is 2.12 bits per heavy atom. The molecule has 0 saturated heterocycles. The zero-order valence-electron chi connectivity index (χ0n) is 3.55. The minimum absolute atomic E-state index is 1.32. The van der Waals surface area contributed by atoms with Crippen molar-refractivity contribution in [3.05, 3.63) is 10.1 Å². The van der Waals surface area contributed by atoms with Gasteiger partial charge in [0.25, 0.3) is 0 Å². The van der Waals surface area contributed by atoms with Crippen molar-refractivity contribution in [2.75, 3.05) is 0 Å². The van der Waals surface area contributed by atoms with Crippen LogP contribution in [0.1, 0.15) is 0 Å². The molecular weight excluding hydrogens is 121 g/mol. The smallest absolute Gasteiger partial charge is 0.400 e. The lowest BCUT2D eigenvalue weighted by Crippen LogP contribution is -2.19. The largest absolute Gasteiger partial charge is 0.662 e. The highest BCUT2D eigenvalue weighted by molar-refractivity contribution is 6.32. The van der Waals surface area contributed by atoms with E-state index in [2.05, 4.69) is 9.79 Å². The van der Waals surface area contributed by atoms with Crippen molar-refractivity contribution in [3.8, 4) is 0 Å². The summed E-state index contributed by atoms with van der Waals surface area (Å²) in [4.78, 5) is 15.4. The summed E-state index contributed by atoms with van der Waals surface area (Å²) in [6, 6.07) is 0. The molecule has 0 heterocycles. The van der Waals surface area contributed by atoms with Gasteiger partial charge in [0.1, 0.15) is 0 Å². The van der Waals surface area contributed by atoms with Gasteiger partial charge in [-0.2, -0.15) is 9.79 Å². The Balaban J connectivity index is 3.05. The molecule has 0 aromatic carbocycles. The zero-order chi connectivity index (χ0) is 6.57. The van der Waals surface area contributed by atoms with E-state index in [9.17, 15) is 0 Å². The summed E-state index contributed by atoms with van der Waals surface area (Å²) in [6.45, 7) is 0. The molecule has 0 unspecified atom stereocenters. The molecule has 0 aliphatic heterocycles. The van der Waals surface area contributed by atoms with E-state index in [1.54, 1.807) is 0 Å². The number of nitrogens with zero attached hydrogens (tertiary/aromatic N) is 1. The molecule has 0 aromatic heterocycles. The summed E-state index contributed by atoms with van der Waals surface area (Å²) in [7, 11) is -2.28. The van der Waals surface area contributed by atoms with Gasteiger partial charge >= 0.3 is 12.4 Å². The van der Waals surface area contributed by atoms with Gasteiger partial charge in [0.05, 0.1) is 0 Å². The minimum atomic E-state index is -2.28. The third kappa shape index (κ3) is 5.14. The molecule has 0 radical (unpaired) electrons. The average Bonchev–Trinajstić information content (AvgIpc) is 1.61. The van der Waals surface area contributed by atoms with Crippen LogP contribution in [0.15, 0.2) is 0 Å². The van der Waals surface area contributed by atoms with E-state index >= 15 is 0 Å². The van der Waals surface area contributed by atoms with Crippen molar-refractivity contribution in [2.45, 2.75) is 0 Å². The van der Waals surface area contributed by atoms with Crippen LogP contribution in [0.4, 0.5) is 0 Å². The van der Waals surface area contributed by atoms with Gasteiger partial charge in [-0.1, -0.05) is 0 Å². The highest BCUT2D eigenvalue weighted by atomic mass is 17.3. The van der Waals surface area contributed by atoms with E-state index in [0.29, 0.717) is 0 Å². The third-order valence-electron chi connectivity index (χ3n) is 0.190. The molecule has 0 aromatic rings. The molecule has 0 fully saturated rings. The van der Waals surface area contributed by atoms with Gasteiger partial charge in [0.15, 0.2) is 0 Å². The average molecular weight is 123 g/mol. The third-order valence-corrected chi connectivity index (χ3v) is 0.190. The second kappa shape index (κ2) is 3.19. The van der Waals surface area contributed by atoms with Crippen LogP contribution in [0.25, 0.3) is 0 Å². The molecule has 0 bridgehead atoms. The minimum Gasteiger partial charge on any atom is -0.400 e. The molecule has 7 nitrogen and oxygen atoms in total. The molecule has 0 atom stereocenters. The Morgan fingerprint density at radius 3 is 2.25 bits per heavy atom. The highest BCUT2D eigenvalue weighted by Crippen LogP contribution is 1.77. The fourth-order valence-corrected chi connectivity index (χ4v) is 0.0736. The van der Waals surface area contributed by atoms with Crippen molar-refractivity contribution in [1.82, 2.24) is 0 Å². The summed E-state index contributed by atoms with van der Waals surface area (Å²) in [6.07, 6.45) is 0. The monoisotopic (exact) mass is 123 g/mol. The van der Waals surface area contributed by atoms with Gasteiger partial charge < -0.3 is 10.0 Å². The lowest BCUT2D eigenvalue weighted by Gasteiger charge is -1.92. The van der Waals surface area contributed by atoms with Crippen molar-refractivity contribution in [3.63, 3.8) is 0 Å². The maximum absolute atomic E-state index is 9.14. The number of rotatable bonds is 3. The van der Waals surface area contributed by atoms with Crippen LogP contribution in [0.5, 0.6) is 0 Å². The normalized spacial score (nSPS) is 8.25. The number of hydrogen-bond acceptors (Lipinski definition) is 6. The fraction of sp³-hybridized carbons (Fsp3) is 0. The van der Waals surface area contributed by atoms with Gasteiger partial charge in [-0.25, -0.2) is 0 Å². The highest BCUT2D eigenvalue weighted by Gasteiger charge is 2.11. The van der Waals surface area contributed by atoms with E-state index in [1.807, 2.05) is 0 Å². The first kappa shape index (κ1) is 7.14. The van der Waals surface area contributed by atoms with E-state index in [1.165, 1.54) is 0 Å². The zero-order valence-corrected chi connectivity index (χ0v) is 3.55. The fourth-order valence-electron chi connectivity index (χ4n) is 0.0736. The van der Waals surface area contributed by atoms with E-state index < -0.39 is 12.4 Å². The van der Waals surface area contributed by atoms with Gasteiger partial charge in [-0.3, -0.25) is 0 Å². The molecule has 46 valence electrons. The molecule has 0 amide bonds. The Bertz CT molecular complexity index is 78.6. The van der Waals surface area contributed by atoms with E-state index in [0.717, 1.165) is 0 Å². The van der Waals surface area contributed by atoms with Crippen LogP contribution < -0.4 is 0 Å². The van der Waals surface area contributed by atoms with Crippen LogP contribution in [0.2, 0.25) is 0 Å². The van der Waals surface area contributed by atoms with Gasteiger partial charge in [0, 0.05) is 0 Å². The van der Waals surface area contributed by atoms with Crippen molar-refractivity contribution in [1.29, 1.82) is 0 Å². The molecule has 8 heavy (non-hydrogen) atoms. The molecular formula is H2BNO6. The van der Waals surface area contributed by atoms with Crippen LogP contribution >= 0.6 is 0 Å². The summed E-state index contributed by atoms with van der Waals surface area (Å²) >= 11 is 0. The lowest BCUT2D eigenvalue weighted by molar-refractivity contribution is -0.838. The van der Waals surface area contributed by atoms with Gasteiger partial charge in [-0.15, -0.1) is 10.1 Å². The van der Waals surface area contributed by atoms with Crippen LogP contribution in [0.3, 0.4) is 0 Å². The van der Waals surface area contributed by atoms with Crippen molar-refractivity contribution < 1.29 is 24.9 Å². The Hall–Kier alpha value is -0.855. The van der Waals surface area contributed by atoms with Crippen LogP contribution in [0, 0.1) is 10.1 Å². The predicted octanol–water partition coefficient (Wildman–Crippen LogP) is -1.90. The summed E-state index contributed by atoms with van der Waals surface area (Å²) in [5.41, 5.74) is 0. The topological polar surface area (TPSA) is 102 Å². The molecule has 2 N–H and O–H groups in total. The molecule has 8 heteroatoms. The standard InChI is InChI=1S/BH2NO6/c3-1(4)7-8-2(5)6/h3-4H. The van der Waals surface area contributed by atoms with Crippen molar-refractivity contribution >= 4 is 7.32 Å². The van der Waals surface area contributed by atoms with E-state index in [-0.39, 0.29) is 0 Å². The maximum atomic E-state index is 9.14. The molecule has 0 aliphatic carbocycles. The molecule has 0 rings (SSSR count). The molecule has 0 spiro atoms. The first-order valence-electron chi connectivity index (χ1n) is 1.47. The molecule has 0 saturated carbocycles. The first-order valence-corrected chi connectivity index (χ1v) is 1.47. The molecule has 0 aliphatic rings. The van der Waals surface area contributed by atoms with Gasteiger partial charge in [0.2, 0.25) is 0 Å². The summed E-state index contributed by atoms with van der Waals surface area (Å²) in [5.74, 6) is 0. The van der Waals surface area contributed by atoms with Crippen molar-refractivity contribution in [2.24, 2.45) is 0 Å². The van der Waals surface area contributed by atoms with Crippen LogP contribution in [-0.4, -0.2) is 22.5 Å². The van der Waals surface area contributed by atoms with Gasteiger partial charge in [-0.05, 0) is 0 Å². The van der Waals surface area contributed by atoms with Crippen LogP contribution in [-0.2, 0) is 9.79 Å². The Morgan fingerprint density at radius 1 is 1.62 bits per heavy atom. The predicted molar refractivity (Wildman–Crippen MR) is 19.4 cm³/mol. The second-order valence-electron chi connectivity index (χ2n) is 0.721.